The van der Waals surface area contributed by atoms with Gasteiger partial charge in [0.1, 0.15) is 0 Å². The molecule has 0 spiro atoms. The van der Waals surface area contributed by atoms with Crippen molar-refractivity contribution in [3.05, 3.63) is 12.4 Å². The summed E-state index contributed by atoms with van der Waals surface area (Å²) in [7, 11) is -3.80. The lowest BCUT2D eigenvalue weighted by Crippen LogP contribution is -2.49. The van der Waals surface area contributed by atoms with Crippen molar-refractivity contribution in [3.63, 3.8) is 0 Å². The molecule has 0 saturated heterocycles. The highest BCUT2D eigenvalue weighted by molar-refractivity contribution is 7.93. The molecule has 2 amide bonds. The molecule has 1 heterocycles. The van der Waals surface area contributed by atoms with Crippen LogP contribution in [0.1, 0.15) is 26.2 Å². The lowest BCUT2D eigenvalue weighted by Gasteiger charge is -2.18. The summed E-state index contributed by atoms with van der Waals surface area (Å²) in [5, 5.41) is 6.88. The average Bonchev–Trinajstić information content (AvgIpc) is 2.70. The minimum absolute atomic E-state index is 0.149. The topological polar surface area (TPSA) is 111 Å². The molecular weight excluding hydrogens is 246 g/mol. The SMILES string of the molecule is CCCCCS(=O)(=O)N(C(N)=O)n1ccnn1. The van der Waals surface area contributed by atoms with Gasteiger partial charge in [-0.1, -0.05) is 19.8 Å². The largest absolute Gasteiger partial charge is 0.349 e. The highest BCUT2D eigenvalue weighted by atomic mass is 32.2. The summed E-state index contributed by atoms with van der Waals surface area (Å²) in [6, 6.07) is -1.10. The highest BCUT2D eigenvalue weighted by Crippen LogP contribution is 2.04. The van der Waals surface area contributed by atoms with Crippen molar-refractivity contribution >= 4 is 16.1 Å². The summed E-state index contributed by atoms with van der Waals surface area (Å²) in [6.45, 7) is 1.95. The molecule has 8 nitrogen and oxygen atoms in total. The Kier molecular flexibility index (Phi) is 4.44. The quantitative estimate of drug-likeness (QED) is 0.714. The second-order valence-corrected chi connectivity index (χ2v) is 5.35. The Hall–Kier alpha value is -1.64. The number of amides is 2. The molecule has 0 unspecified atom stereocenters. The van der Waals surface area contributed by atoms with Crippen molar-refractivity contribution in [3.8, 4) is 0 Å². The van der Waals surface area contributed by atoms with Gasteiger partial charge in [0.2, 0.25) is 0 Å². The van der Waals surface area contributed by atoms with E-state index in [9.17, 15) is 13.2 Å². The molecular formula is C8H15N5O3S. The Balaban J connectivity index is 2.88. The van der Waals surface area contributed by atoms with Gasteiger partial charge in [-0.15, -0.1) is 14.3 Å². The zero-order chi connectivity index (χ0) is 12.9. The molecule has 17 heavy (non-hydrogen) atoms. The number of nitrogens with two attached hydrogens (primary N) is 1. The summed E-state index contributed by atoms with van der Waals surface area (Å²) in [5.41, 5.74) is 5.04. The molecule has 0 aliphatic heterocycles. The Bertz CT molecular complexity index is 456. The molecule has 2 N–H and O–H groups in total. The van der Waals surface area contributed by atoms with Gasteiger partial charge in [0.25, 0.3) is 10.0 Å². The molecule has 0 bridgehead atoms. The van der Waals surface area contributed by atoms with Gasteiger partial charge in [0.05, 0.1) is 18.1 Å². The van der Waals surface area contributed by atoms with E-state index in [0.29, 0.717) is 10.8 Å². The lowest BCUT2D eigenvalue weighted by molar-refractivity contribution is 0.252. The molecule has 1 aromatic rings. The van der Waals surface area contributed by atoms with Gasteiger partial charge < -0.3 is 5.73 Å². The van der Waals surface area contributed by atoms with Gasteiger partial charge in [-0.05, 0) is 11.6 Å². The van der Waals surface area contributed by atoms with Crippen LogP contribution in [0.15, 0.2) is 12.4 Å². The van der Waals surface area contributed by atoms with Gasteiger partial charge in [-0.2, -0.15) is 0 Å². The van der Waals surface area contributed by atoms with E-state index >= 15 is 0 Å². The first kappa shape index (κ1) is 13.4. The summed E-state index contributed by atoms with van der Waals surface area (Å²) >= 11 is 0. The summed E-state index contributed by atoms with van der Waals surface area (Å²) < 4.78 is 24.2. The predicted octanol–water partition coefficient (Wildman–Crippen LogP) is -0.185. The van der Waals surface area contributed by atoms with Crippen LogP contribution in [-0.2, 0) is 10.0 Å². The third kappa shape index (κ3) is 3.41. The molecule has 0 atom stereocenters. The number of rotatable bonds is 6. The summed E-state index contributed by atoms with van der Waals surface area (Å²) in [6.07, 6.45) is 4.62. The van der Waals surface area contributed by atoms with Crippen LogP contribution in [0.4, 0.5) is 4.79 Å². The number of hydrogen-bond donors (Lipinski definition) is 1. The average molecular weight is 261 g/mol. The van der Waals surface area contributed by atoms with Crippen LogP contribution in [0.5, 0.6) is 0 Å². The summed E-state index contributed by atoms with van der Waals surface area (Å²) in [4.78, 5) is 12.0. The van der Waals surface area contributed by atoms with Gasteiger partial charge in [0, 0.05) is 0 Å². The standard InChI is InChI=1S/C8H15N5O3S/c1-2-3-4-7-17(15,16)13(8(9)14)12-6-5-10-11-12/h5-6H,2-4,7H2,1H3,(H2,9,14). The third-order valence-electron chi connectivity index (χ3n) is 2.05. The fraction of sp³-hybridized carbons (Fsp3) is 0.625. The number of nitrogens with zero attached hydrogens (tertiary/aromatic N) is 4. The van der Waals surface area contributed by atoms with Crippen LogP contribution in [0.2, 0.25) is 0 Å². The van der Waals surface area contributed by atoms with Crippen molar-refractivity contribution in [2.75, 3.05) is 10.2 Å². The zero-order valence-electron chi connectivity index (χ0n) is 9.48. The molecule has 0 saturated carbocycles. The molecule has 0 aliphatic rings. The van der Waals surface area contributed by atoms with Crippen molar-refractivity contribution < 1.29 is 13.2 Å². The normalized spacial score (nSPS) is 11.4. The molecule has 96 valence electrons. The number of urea groups is 1. The van der Waals surface area contributed by atoms with E-state index in [1.165, 1.54) is 12.4 Å². The van der Waals surface area contributed by atoms with Crippen molar-refractivity contribution in [1.29, 1.82) is 0 Å². The third-order valence-corrected chi connectivity index (χ3v) is 3.73. The Morgan fingerprint density at radius 3 is 2.65 bits per heavy atom. The van der Waals surface area contributed by atoms with E-state index in [2.05, 4.69) is 10.3 Å². The number of unbranched alkanes of at least 4 members (excludes halogenated alkanes) is 2. The predicted molar refractivity (Wildman–Crippen MR) is 61.1 cm³/mol. The number of sulfonamides is 1. The highest BCUT2D eigenvalue weighted by Gasteiger charge is 2.27. The minimum Gasteiger partial charge on any atom is -0.349 e. The van der Waals surface area contributed by atoms with E-state index in [-0.39, 0.29) is 5.75 Å². The van der Waals surface area contributed by atoms with Gasteiger partial charge in [0.15, 0.2) is 0 Å². The number of hydrogen-bond acceptors (Lipinski definition) is 5. The first-order valence-electron chi connectivity index (χ1n) is 5.18. The van der Waals surface area contributed by atoms with E-state index < -0.39 is 16.1 Å². The van der Waals surface area contributed by atoms with Crippen molar-refractivity contribution in [2.45, 2.75) is 26.2 Å². The van der Waals surface area contributed by atoms with Crippen molar-refractivity contribution in [2.24, 2.45) is 5.73 Å². The van der Waals surface area contributed by atoms with E-state index in [1.54, 1.807) is 0 Å². The Labute approximate surface area is 99.4 Å². The molecule has 0 radical (unpaired) electrons. The van der Waals surface area contributed by atoms with Gasteiger partial charge >= 0.3 is 6.03 Å². The van der Waals surface area contributed by atoms with Crippen LogP contribution in [0.25, 0.3) is 0 Å². The monoisotopic (exact) mass is 261 g/mol. The number of primary amides is 1. The zero-order valence-corrected chi connectivity index (χ0v) is 10.3. The maximum absolute atomic E-state index is 11.9. The smallest absolute Gasteiger partial charge is 0.349 e. The van der Waals surface area contributed by atoms with Crippen LogP contribution in [-0.4, -0.2) is 35.3 Å². The maximum Gasteiger partial charge on any atom is 0.349 e. The number of carbonyl (C=O) groups excluding carboxylic acids is 1. The van der Waals surface area contributed by atoms with E-state index in [1.807, 2.05) is 6.92 Å². The van der Waals surface area contributed by atoms with E-state index in [0.717, 1.165) is 17.6 Å². The van der Waals surface area contributed by atoms with E-state index in [4.69, 9.17) is 5.73 Å². The second kappa shape index (κ2) is 5.62. The van der Waals surface area contributed by atoms with Crippen molar-refractivity contribution in [1.82, 2.24) is 15.1 Å². The second-order valence-electron chi connectivity index (χ2n) is 3.43. The molecule has 9 heteroatoms. The molecule has 0 aliphatic carbocycles. The molecule has 1 rings (SSSR count). The lowest BCUT2D eigenvalue weighted by atomic mass is 10.3. The first-order chi connectivity index (χ1) is 7.99. The Morgan fingerprint density at radius 2 is 2.18 bits per heavy atom. The molecule has 1 aromatic heterocycles. The minimum atomic E-state index is -3.80. The Morgan fingerprint density at radius 1 is 1.47 bits per heavy atom. The van der Waals surface area contributed by atoms with Crippen LogP contribution in [0, 0.1) is 0 Å². The number of aromatic nitrogens is 3. The van der Waals surface area contributed by atoms with Crippen LogP contribution in [0.3, 0.4) is 0 Å². The molecule has 0 fully saturated rings. The first-order valence-corrected chi connectivity index (χ1v) is 6.79. The number of carbonyl (C=O) groups is 1. The fourth-order valence-corrected chi connectivity index (χ4v) is 2.64. The maximum atomic E-state index is 11.9. The fourth-order valence-electron chi connectivity index (χ4n) is 1.29. The summed E-state index contributed by atoms with van der Waals surface area (Å²) in [5.74, 6) is -0.149. The van der Waals surface area contributed by atoms with Gasteiger partial charge in [-0.25, -0.2) is 13.2 Å². The molecule has 0 aromatic carbocycles. The van der Waals surface area contributed by atoms with Gasteiger partial charge in [-0.3, -0.25) is 0 Å². The van der Waals surface area contributed by atoms with Crippen LogP contribution < -0.4 is 10.1 Å². The van der Waals surface area contributed by atoms with Crippen LogP contribution >= 0.6 is 0 Å².